The fraction of sp³-hybridized carbons (Fsp3) is 0.594. The minimum absolute atomic E-state index is 0.0296. The Labute approximate surface area is 260 Å². The molecule has 0 bridgehead atoms. The third-order valence-electron chi connectivity index (χ3n) is 9.63. The third kappa shape index (κ3) is 6.45. The van der Waals surface area contributed by atoms with Crippen LogP contribution in [0.5, 0.6) is 6.01 Å². The zero-order valence-electron chi connectivity index (χ0n) is 26.1. The van der Waals surface area contributed by atoms with E-state index in [1.165, 1.54) is 13.0 Å². The van der Waals surface area contributed by atoms with Gasteiger partial charge in [0.15, 0.2) is 0 Å². The molecule has 5 atom stereocenters. The van der Waals surface area contributed by atoms with Crippen molar-refractivity contribution in [2.75, 3.05) is 50.5 Å². The van der Waals surface area contributed by atoms with Crippen LogP contribution in [0.4, 0.5) is 33.5 Å². The lowest BCUT2D eigenvalue weighted by atomic mass is 9.71. The molecule has 2 N–H and O–H groups in total. The quantitative estimate of drug-likeness (QED) is 0.258. The van der Waals surface area contributed by atoms with Gasteiger partial charge in [-0.25, -0.2) is 8.78 Å². The minimum Gasteiger partial charge on any atom is -0.462 e. The van der Waals surface area contributed by atoms with Crippen molar-refractivity contribution in [3.05, 3.63) is 52.5 Å². The topological polar surface area (TPSA) is 87.8 Å². The molecule has 0 unspecified atom stereocenters. The maximum atomic E-state index is 15.7. The second-order valence-electron chi connectivity index (χ2n) is 12.6. The highest BCUT2D eigenvalue weighted by Crippen LogP contribution is 2.48. The number of piperazine rings is 1. The number of nitrogens with zero attached hydrogens (tertiary/aromatic N) is 5. The Balaban J connectivity index is 1.58. The Bertz CT molecular complexity index is 1450. The highest BCUT2D eigenvalue weighted by atomic mass is 19.4. The first-order chi connectivity index (χ1) is 21.2. The summed E-state index contributed by atoms with van der Waals surface area (Å²) in [7, 11) is 1.81. The van der Waals surface area contributed by atoms with Crippen molar-refractivity contribution < 1.29 is 31.5 Å². The number of hydrogen-bond acceptors (Lipinski definition) is 7. The van der Waals surface area contributed by atoms with Crippen LogP contribution in [0.2, 0.25) is 0 Å². The number of aromatic nitrogens is 2. The molecule has 2 aliphatic heterocycles. The van der Waals surface area contributed by atoms with Gasteiger partial charge in [0.05, 0.1) is 16.9 Å². The lowest BCUT2D eigenvalue weighted by Gasteiger charge is -2.42. The Hall–Kier alpha value is -3.48. The van der Waals surface area contributed by atoms with E-state index in [1.807, 2.05) is 25.8 Å². The van der Waals surface area contributed by atoms with Gasteiger partial charge >= 0.3 is 12.2 Å². The van der Waals surface area contributed by atoms with Crippen molar-refractivity contribution in [2.24, 2.45) is 5.92 Å². The predicted octanol–water partition coefficient (Wildman–Crippen LogP) is 5.08. The standard InChI is InChI=1S/C32H41F5N6O2/c1-6-19-11-23-25(13-22(19)27-28(32(35,36)37)17(3)10-24(38)29(27)34)39-31(45-16-21-12-20(33)15-41(21)5)40-30(23)43-9-8-42(14-18(43)4)26(44)7-2/h7,10,18-22H,2,6,8-9,11-16,38H2,1,3-5H3/t18-,19-,20+,21-,22-/m0/s1. The molecule has 2 aromatic rings. The number of nitrogens with two attached hydrogens (primary N) is 1. The highest BCUT2D eigenvalue weighted by molar-refractivity contribution is 5.87. The number of likely N-dealkylation sites (tertiary alicyclic amines) is 1. The molecular formula is C32H41F5N6O2. The Kier molecular flexibility index (Phi) is 9.30. The van der Waals surface area contributed by atoms with E-state index < -0.39 is 35.2 Å². The Morgan fingerprint density at radius 1 is 1.22 bits per heavy atom. The molecular weight excluding hydrogens is 595 g/mol. The summed E-state index contributed by atoms with van der Waals surface area (Å²) in [4.78, 5) is 27.5. The van der Waals surface area contributed by atoms with Gasteiger partial charge in [-0.2, -0.15) is 23.1 Å². The molecule has 1 aromatic carbocycles. The Morgan fingerprint density at radius 3 is 2.56 bits per heavy atom. The predicted molar refractivity (Wildman–Crippen MR) is 162 cm³/mol. The van der Waals surface area contributed by atoms with Crippen LogP contribution in [-0.4, -0.2) is 83.8 Å². The average molecular weight is 637 g/mol. The number of aryl methyl sites for hydroxylation is 1. The van der Waals surface area contributed by atoms with Crippen LogP contribution in [0, 0.1) is 18.7 Å². The summed E-state index contributed by atoms with van der Waals surface area (Å²) in [6.45, 7) is 10.5. The Morgan fingerprint density at radius 2 is 1.96 bits per heavy atom. The normalized spacial score (nSPS) is 25.8. The smallest absolute Gasteiger partial charge is 0.417 e. The van der Waals surface area contributed by atoms with E-state index in [2.05, 4.69) is 16.5 Å². The number of fused-ring (bicyclic) bond motifs is 1. The molecule has 1 amide bonds. The van der Waals surface area contributed by atoms with E-state index in [-0.39, 0.29) is 54.2 Å². The summed E-state index contributed by atoms with van der Waals surface area (Å²) in [5.41, 5.74) is 5.28. The summed E-state index contributed by atoms with van der Waals surface area (Å²) >= 11 is 0. The van der Waals surface area contributed by atoms with E-state index in [4.69, 9.17) is 15.5 Å². The van der Waals surface area contributed by atoms with E-state index in [0.29, 0.717) is 57.0 Å². The minimum atomic E-state index is -4.78. The number of alkyl halides is 4. The molecule has 3 aliphatic rings. The zero-order chi connectivity index (χ0) is 32.8. The summed E-state index contributed by atoms with van der Waals surface area (Å²) < 4.78 is 79.0. The number of hydrogen-bond donors (Lipinski definition) is 1. The van der Waals surface area contributed by atoms with Crippen LogP contribution in [0.15, 0.2) is 18.7 Å². The molecule has 1 aliphatic carbocycles. The van der Waals surface area contributed by atoms with Crippen LogP contribution in [-0.2, 0) is 23.8 Å². The molecule has 0 saturated carbocycles. The second kappa shape index (κ2) is 12.7. The van der Waals surface area contributed by atoms with Crippen molar-refractivity contribution in [2.45, 2.75) is 76.8 Å². The van der Waals surface area contributed by atoms with Gasteiger partial charge in [-0.05, 0) is 69.7 Å². The SMILES string of the molecule is C=CC(=O)N1CCN(c2nc(OC[C@@H]3C[C@@H](F)CN3C)nc3c2C[C@H](CC)[C@@H](c2c(F)c(N)cc(C)c2C(F)(F)F)C3)[C@@H](C)C1. The summed E-state index contributed by atoms with van der Waals surface area (Å²) in [5.74, 6) is -1.82. The van der Waals surface area contributed by atoms with Crippen LogP contribution in [0.1, 0.15) is 60.6 Å². The highest BCUT2D eigenvalue weighted by Gasteiger charge is 2.44. The van der Waals surface area contributed by atoms with Gasteiger partial charge in [-0.15, -0.1) is 0 Å². The van der Waals surface area contributed by atoms with Crippen molar-refractivity contribution in [1.82, 2.24) is 19.8 Å². The number of rotatable bonds is 7. The van der Waals surface area contributed by atoms with E-state index >= 15 is 4.39 Å². The van der Waals surface area contributed by atoms with Gasteiger partial charge in [-0.3, -0.25) is 9.69 Å². The number of halogens is 5. The van der Waals surface area contributed by atoms with Crippen LogP contribution in [0.25, 0.3) is 0 Å². The maximum absolute atomic E-state index is 15.7. The van der Waals surface area contributed by atoms with E-state index in [1.54, 1.807) is 4.90 Å². The molecule has 8 nitrogen and oxygen atoms in total. The first-order valence-corrected chi connectivity index (χ1v) is 15.4. The van der Waals surface area contributed by atoms with Gasteiger partial charge in [0.25, 0.3) is 0 Å². The molecule has 2 saturated heterocycles. The number of carbonyl (C=O) groups excluding carboxylic acids is 1. The van der Waals surface area contributed by atoms with Gasteiger partial charge in [0, 0.05) is 49.4 Å². The third-order valence-corrected chi connectivity index (χ3v) is 9.63. The van der Waals surface area contributed by atoms with Gasteiger partial charge in [0.2, 0.25) is 5.91 Å². The summed E-state index contributed by atoms with van der Waals surface area (Å²) in [6, 6.07) is 0.731. The molecule has 3 heterocycles. The second-order valence-corrected chi connectivity index (χ2v) is 12.6. The lowest BCUT2D eigenvalue weighted by molar-refractivity contribution is -0.139. The largest absolute Gasteiger partial charge is 0.462 e. The molecule has 2 fully saturated rings. The first kappa shape index (κ1) is 32.9. The fourth-order valence-corrected chi connectivity index (χ4v) is 7.27. The van der Waals surface area contributed by atoms with Crippen molar-refractivity contribution in [1.29, 1.82) is 0 Å². The number of carbonyl (C=O) groups is 1. The number of likely N-dealkylation sites (N-methyl/N-ethyl adjacent to an activating group) is 1. The number of anilines is 2. The summed E-state index contributed by atoms with van der Waals surface area (Å²) in [5, 5.41) is 0. The molecule has 5 rings (SSSR count). The van der Waals surface area contributed by atoms with Gasteiger partial charge in [0.1, 0.15) is 24.4 Å². The maximum Gasteiger partial charge on any atom is 0.417 e. The van der Waals surface area contributed by atoms with Gasteiger partial charge < -0.3 is 20.3 Å². The molecule has 45 heavy (non-hydrogen) atoms. The lowest BCUT2D eigenvalue weighted by Crippen LogP contribution is -2.54. The fourth-order valence-electron chi connectivity index (χ4n) is 7.27. The molecule has 0 spiro atoms. The average Bonchev–Trinajstić information content (AvgIpc) is 3.31. The molecule has 1 aromatic heterocycles. The van der Waals surface area contributed by atoms with Crippen LogP contribution >= 0.6 is 0 Å². The van der Waals surface area contributed by atoms with Crippen molar-refractivity contribution in [3.63, 3.8) is 0 Å². The molecule has 246 valence electrons. The molecule has 0 radical (unpaired) electrons. The van der Waals surface area contributed by atoms with Crippen LogP contribution in [0.3, 0.4) is 0 Å². The molecule has 13 heteroatoms. The van der Waals surface area contributed by atoms with Crippen molar-refractivity contribution in [3.8, 4) is 6.01 Å². The van der Waals surface area contributed by atoms with Gasteiger partial charge in [-0.1, -0.05) is 19.9 Å². The number of amides is 1. The zero-order valence-corrected chi connectivity index (χ0v) is 26.1. The van der Waals surface area contributed by atoms with E-state index in [9.17, 15) is 22.4 Å². The number of ether oxygens (including phenoxy) is 1. The number of nitrogen functional groups attached to an aromatic ring is 1. The monoisotopic (exact) mass is 636 g/mol. The van der Waals surface area contributed by atoms with Crippen molar-refractivity contribution >= 4 is 17.4 Å². The summed E-state index contributed by atoms with van der Waals surface area (Å²) in [6.07, 6.45) is -3.32. The first-order valence-electron chi connectivity index (χ1n) is 15.4. The number of benzene rings is 1. The van der Waals surface area contributed by atoms with Crippen LogP contribution < -0.4 is 15.4 Å². The van der Waals surface area contributed by atoms with E-state index in [0.717, 1.165) is 11.6 Å².